The van der Waals surface area contributed by atoms with Crippen molar-refractivity contribution in [3.05, 3.63) is 29.5 Å². The third-order valence-electron chi connectivity index (χ3n) is 4.16. The Bertz CT molecular complexity index is 289. The summed E-state index contributed by atoms with van der Waals surface area (Å²) in [6, 6.07) is 0. The predicted octanol–water partition coefficient (Wildman–Crippen LogP) is 3.54. The number of piperidine rings is 1. The van der Waals surface area contributed by atoms with Crippen molar-refractivity contribution in [2.45, 2.75) is 51.0 Å². The molecule has 0 radical (unpaired) electrons. The summed E-state index contributed by atoms with van der Waals surface area (Å²) in [7, 11) is 0. The highest BCUT2D eigenvalue weighted by atomic mass is 16.6. The summed E-state index contributed by atoms with van der Waals surface area (Å²) >= 11 is 0. The third-order valence-corrected chi connectivity index (χ3v) is 4.16. The molecule has 0 spiro atoms. The Kier molecular flexibility index (Phi) is 3.50. The SMILES string of the molecule is CCCC1([N+]2([O-])CCCCC2)C=CC=CC1. The molecule has 0 aromatic carbocycles. The van der Waals surface area contributed by atoms with Gasteiger partial charge in [-0.25, -0.2) is 0 Å². The van der Waals surface area contributed by atoms with Crippen LogP contribution < -0.4 is 0 Å². The standard InChI is InChI=1S/C14H23NO/c1-2-9-14(10-5-3-6-11-14)15(16)12-7-4-8-13-15/h3,5-6,10H,2,4,7-9,11-13H2,1H3. The van der Waals surface area contributed by atoms with E-state index < -0.39 is 0 Å². The van der Waals surface area contributed by atoms with E-state index in [1.807, 2.05) is 0 Å². The molecule has 2 aliphatic rings. The molecule has 1 aliphatic heterocycles. The summed E-state index contributed by atoms with van der Waals surface area (Å²) in [6.45, 7) is 3.82. The van der Waals surface area contributed by atoms with Crippen LogP contribution in [0.2, 0.25) is 0 Å². The van der Waals surface area contributed by atoms with Crippen LogP contribution in [0.4, 0.5) is 0 Å². The van der Waals surface area contributed by atoms with Gasteiger partial charge >= 0.3 is 0 Å². The van der Waals surface area contributed by atoms with Gasteiger partial charge in [0.15, 0.2) is 0 Å². The van der Waals surface area contributed by atoms with Gasteiger partial charge in [0.2, 0.25) is 0 Å². The maximum atomic E-state index is 13.0. The Morgan fingerprint density at radius 1 is 1.19 bits per heavy atom. The van der Waals surface area contributed by atoms with Gasteiger partial charge in [-0.05, 0) is 31.8 Å². The average molecular weight is 221 g/mol. The Morgan fingerprint density at radius 2 is 1.94 bits per heavy atom. The van der Waals surface area contributed by atoms with Crippen LogP contribution in [0, 0.1) is 5.21 Å². The van der Waals surface area contributed by atoms with Gasteiger partial charge in [0.25, 0.3) is 0 Å². The van der Waals surface area contributed by atoms with Crippen LogP contribution in [-0.4, -0.2) is 23.3 Å². The van der Waals surface area contributed by atoms with E-state index in [9.17, 15) is 5.21 Å². The minimum atomic E-state index is -0.149. The van der Waals surface area contributed by atoms with Gasteiger partial charge in [-0.1, -0.05) is 25.2 Å². The number of hydroxylamine groups is 3. The first-order chi connectivity index (χ1) is 7.72. The summed E-state index contributed by atoms with van der Waals surface area (Å²) in [4.78, 5) is 0. The summed E-state index contributed by atoms with van der Waals surface area (Å²) < 4.78 is 0.0294. The van der Waals surface area contributed by atoms with E-state index in [4.69, 9.17) is 0 Å². The summed E-state index contributed by atoms with van der Waals surface area (Å²) in [5, 5.41) is 13.0. The maximum absolute atomic E-state index is 13.0. The first-order valence-electron chi connectivity index (χ1n) is 6.65. The van der Waals surface area contributed by atoms with Gasteiger partial charge in [-0.2, -0.15) is 0 Å². The number of nitrogens with zero attached hydrogens (tertiary/aromatic N) is 1. The van der Waals surface area contributed by atoms with E-state index in [-0.39, 0.29) is 10.2 Å². The second kappa shape index (κ2) is 4.72. The van der Waals surface area contributed by atoms with E-state index >= 15 is 0 Å². The highest BCUT2D eigenvalue weighted by Crippen LogP contribution is 2.38. The van der Waals surface area contributed by atoms with E-state index in [1.54, 1.807) is 0 Å². The molecule has 1 atom stereocenters. The molecule has 1 fully saturated rings. The fourth-order valence-electron chi connectivity index (χ4n) is 3.25. The Balaban J connectivity index is 2.23. The highest BCUT2D eigenvalue weighted by Gasteiger charge is 2.42. The fraction of sp³-hybridized carbons (Fsp3) is 0.714. The third kappa shape index (κ3) is 1.96. The normalized spacial score (nSPS) is 32.9. The quantitative estimate of drug-likeness (QED) is 0.528. The average Bonchev–Trinajstić information content (AvgIpc) is 2.31. The molecule has 2 heteroatoms. The molecule has 0 aromatic rings. The molecule has 1 heterocycles. The molecule has 2 nitrogen and oxygen atoms in total. The van der Waals surface area contributed by atoms with Crippen molar-refractivity contribution < 1.29 is 4.65 Å². The molecule has 2 rings (SSSR count). The maximum Gasteiger partial charge on any atom is 0.121 e. The predicted molar refractivity (Wildman–Crippen MR) is 67.7 cm³/mol. The lowest BCUT2D eigenvalue weighted by molar-refractivity contribution is -0.929. The zero-order valence-corrected chi connectivity index (χ0v) is 10.3. The number of allylic oxidation sites excluding steroid dienone is 2. The molecule has 0 N–H and O–H groups in total. The van der Waals surface area contributed by atoms with Gasteiger partial charge in [0.05, 0.1) is 13.1 Å². The molecule has 90 valence electrons. The molecule has 0 saturated carbocycles. The second-order valence-electron chi connectivity index (χ2n) is 5.24. The molecule has 1 aliphatic carbocycles. The molecular formula is C14H23NO. The first kappa shape index (κ1) is 11.9. The zero-order chi connectivity index (χ0) is 11.5. The minimum absolute atomic E-state index is 0.0294. The first-order valence-corrected chi connectivity index (χ1v) is 6.65. The van der Waals surface area contributed by atoms with Gasteiger partial charge in [-0.15, -0.1) is 0 Å². The van der Waals surface area contributed by atoms with E-state index in [2.05, 4.69) is 31.2 Å². The van der Waals surface area contributed by atoms with Crippen molar-refractivity contribution in [1.82, 2.24) is 0 Å². The lowest BCUT2D eigenvalue weighted by atomic mass is 9.83. The molecule has 16 heavy (non-hydrogen) atoms. The largest absolute Gasteiger partial charge is 0.632 e. The van der Waals surface area contributed by atoms with E-state index in [0.717, 1.165) is 45.2 Å². The van der Waals surface area contributed by atoms with E-state index in [1.165, 1.54) is 6.42 Å². The molecule has 0 amide bonds. The van der Waals surface area contributed by atoms with Crippen molar-refractivity contribution >= 4 is 0 Å². The number of rotatable bonds is 3. The Morgan fingerprint density at radius 3 is 2.50 bits per heavy atom. The van der Waals surface area contributed by atoms with Crippen molar-refractivity contribution in [2.24, 2.45) is 0 Å². The molecular weight excluding hydrogens is 198 g/mol. The Hall–Kier alpha value is -0.600. The van der Waals surface area contributed by atoms with Crippen molar-refractivity contribution in [1.29, 1.82) is 0 Å². The van der Waals surface area contributed by atoms with Crippen LogP contribution in [0.25, 0.3) is 0 Å². The topological polar surface area (TPSA) is 23.1 Å². The van der Waals surface area contributed by atoms with Crippen LogP contribution in [-0.2, 0) is 0 Å². The van der Waals surface area contributed by atoms with E-state index in [0.29, 0.717) is 0 Å². The molecule has 0 aromatic heterocycles. The number of likely N-dealkylation sites (tertiary alicyclic amines) is 1. The van der Waals surface area contributed by atoms with Crippen LogP contribution in [0.15, 0.2) is 24.3 Å². The van der Waals surface area contributed by atoms with Gasteiger partial charge in [0, 0.05) is 12.8 Å². The molecule has 1 unspecified atom stereocenters. The summed E-state index contributed by atoms with van der Waals surface area (Å²) in [5.41, 5.74) is -0.149. The van der Waals surface area contributed by atoms with Crippen molar-refractivity contribution in [2.75, 3.05) is 13.1 Å². The number of quaternary nitrogens is 1. The van der Waals surface area contributed by atoms with Gasteiger partial charge in [0.1, 0.15) is 5.54 Å². The second-order valence-corrected chi connectivity index (χ2v) is 5.24. The van der Waals surface area contributed by atoms with Crippen molar-refractivity contribution in [3.63, 3.8) is 0 Å². The van der Waals surface area contributed by atoms with Gasteiger partial charge < -0.3 is 9.85 Å². The zero-order valence-electron chi connectivity index (χ0n) is 10.3. The van der Waals surface area contributed by atoms with Crippen LogP contribution >= 0.6 is 0 Å². The Labute approximate surface area is 98.8 Å². The smallest absolute Gasteiger partial charge is 0.121 e. The van der Waals surface area contributed by atoms with Crippen LogP contribution in [0.1, 0.15) is 45.4 Å². The molecule has 1 saturated heterocycles. The van der Waals surface area contributed by atoms with Crippen molar-refractivity contribution in [3.8, 4) is 0 Å². The highest BCUT2D eigenvalue weighted by molar-refractivity contribution is 5.19. The number of hydrogen-bond donors (Lipinski definition) is 0. The number of hydrogen-bond acceptors (Lipinski definition) is 1. The lowest BCUT2D eigenvalue weighted by Crippen LogP contribution is -2.62. The van der Waals surface area contributed by atoms with Crippen LogP contribution in [0.3, 0.4) is 0 Å². The molecule has 0 bridgehead atoms. The minimum Gasteiger partial charge on any atom is -0.632 e. The van der Waals surface area contributed by atoms with Crippen LogP contribution in [0.5, 0.6) is 0 Å². The lowest BCUT2D eigenvalue weighted by Gasteiger charge is -2.58. The summed E-state index contributed by atoms with van der Waals surface area (Å²) in [6.07, 6.45) is 15.0. The van der Waals surface area contributed by atoms with Gasteiger partial charge in [-0.3, -0.25) is 0 Å². The fourth-order valence-corrected chi connectivity index (χ4v) is 3.25. The summed E-state index contributed by atoms with van der Waals surface area (Å²) in [5.74, 6) is 0. The monoisotopic (exact) mass is 221 g/mol.